The van der Waals surface area contributed by atoms with E-state index in [1.54, 1.807) is 12.1 Å². The van der Waals surface area contributed by atoms with E-state index in [4.69, 9.17) is 5.73 Å². The van der Waals surface area contributed by atoms with Crippen molar-refractivity contribution < 1.29 is 9.90 Å². The minimum absolute atomic E-state index is 0.0248. The molecule has 0 radical (unpaired) electrons. The molecular formula is C7H7BrN2O2. The van der Waals surface area contributed by atoms with Crippen LogP contribution in [0.1, 0.15) is 0 Å². The second-order valence-electron chi connectivity index (χ2n) is 2.15. The summed E-state index contributed by atoms with van der Waals surface area (Å²) < 4.78 is 0.732. The third kappa shape index (κ3) is 2.13. The molecule has 5 heteroatoms. The van der Waals surface area contributed by atoms with Gasteiger partial charge in [-0.05, 0) is 18.2 Å². The van der Waals surface area contributed by atoms with Gasteiger partial charge in [0.1, 0.15) is 5.75 Å². The number of nitrogens with one attached hydrogen (secondary N) is 1. The van der Waals surface area contributed by atoms with Gasteiger partial charge in [0, 0.05) is 4.47 Å². The summed E-state index contributed by atoms with van der Waals surface area (Å²) in [6.45, 7) is 0. The van der Waals surface area contributed by atoms with Crippen LogP contribution in [0.3, 0.4) is 0 Å². The van der Waals surface area contributed by atoms with Crippen molar-refractivity contribution in [3.63, 3.8) is 0 Å². The van der Waals surface area contributed by atoms with Gasteiger partial charge >= 0.3 is 6.03 Å². The van der Waals surface area contributed by atoms with Crippen molar-refractivity contribution in [3.05, 3.63) is 22.7 Å². The van der Waals surface area contributed by atoms with Crippen molar-refractivity contribution in [1.29, 1.82) is 0 Å². The Balaban J connectivity index is 2.93. The maximum Gasteiger partial charge on any atom is 0.316 e. The fraction of sp³-hybridized carbons (Fsp3) is 0. The number of phenolic OH excluding ortho intramolecular Hbond substituents is 1. The molecule has 2 amide bonds. The molecule has 1 rings (SSSR count). The predicted molar refractivity (Wildman–Crippen MR) is 49.0 cm³/mol. The number of carbonyl (C=O) groups is 1. The van der Waals surface area contributed by atoms with Crippen LogP contribution in [0.4, 0.5) is 10.5 Å². The lowest BCUT2D eigenvalue weighted by molar-refractivity contribution is 0.259. The van der Waals surface area contributed by atoms with Gasteiger partial charge in [-0.1, -0.05) is 15.9 Å². The number of urea groups is 1. The maximum absolute atomic E-state index is 10.4. The highest BCUT2D eigenvalue weighted by molar-refractivity contribution is 9.10. The quantitative estimate of drug-likeness (QED) is 0.642. The van der Waals surface area contributed by atoms with Crippen LogP contribution in [0.5, 0.6) is 5.75 Å². The normalized spacial score (nSPS) is 9.42. The summed E-state index contributed by atoms with van der Waals surface area (Å²) >= 11 is 3.16. The highest BCUT2D eigenvalue weighted by atomic mass is 79.9. The van der Waals surface area contributed by atoms with Crippen LogP contribution in [0.15, 0.2) is 22.7 Å². The number of rotatable bonds is 1. The van der Waals surface area contributed by atoms with Gasteiger partial charge in [0.05, 0.1) is 5.69 Å². The van der Waals surface area contributed by atoms with Crippen LogP contribution in [-0.4, -0.2) is 11.1 Å². The summed E-state index contributed by atoms with van der Waals surface area (Å²) in [5.41, 5.74) is 5.16. The number of benzene rings is 1. The Morgan fingerprint density at radius 1 is 1.58 bits per heavy atom. The molecule has 0 atom stereocenters. The number of nitrogens with two attached hydrogens (primary N) is 1. The summed E-state index contributed by atoms with van der Waals surface area (Å²) in [6.07, 6.45) is 0. The Morgan fingerprint density at radius 2 is 2.25 bits per heavy atom. The Labute approximate surface area is 77.5 Å². The summed E-state index contributed by atoms with van der Waals surface area (Å²) in [5, 5.41) is 11.5. The minimum atomic E-state index is -0.701. The molecule has 4 N–H and O–H groups in total. The maximum atomic E-state index is 10.4. The van der Waals surface area contributed by atoms with Crippen molar-refractivity contribution in [2.75, 3.05) is 5.32 Å². The number of hydrogen-bond acceptors (Lipinski definition) is 2. The van der Waals surface area contributed by atoms with Gasteiger partial charge in [-0.15, -0.1) is 0 Å². The van der Waals surface area contributed by atoms with E-state index in [-0.39, 0.29) is 5.75 Å². The largest absolute Gasteiger partial charge is 0.506 e. The zero-order valence-corrected chi connectivity index (χ0v) is 7.63. The number of hydrogen-bond donors (Lipinski definition) is 3. The number of carbonyl (C=O) groups excluding carboxylic acids is 1. The van der Waals surface area contributed by atoms with Crippen molar-refractivity contribution in [1.82, 2.24) is 0 Å². The number of primary amides is 1. The van der Waals surface area contributed by atoms with E-state index in [0.717, 1.165) is 4.47 Å². The highest BCUT2D eigenvalue weighted by Gasteiger charge is 2.02. The van der Waals surface area contributed by atoms with Gasteiger partial charge < -0.3 is 16.2 Å². The topological polar surface area (TPSA) is 75.4 Å². The number of aromatic hydroxyl groups is 1. The van der Waals surface area contributed by atoms with Crippen molar-refractivity contribution >= 4 is 27.6 Å². The van der Waals surface area contributed by atoms with E-state index in [1.807, 2.05) is 0 Å². The van der Waals surface area contributed by atoms with Gasteiger partial charge in [0.25, 0.3) is 0 Å². The summed E-state index contributed by atoms with van der Waals surface area (Å²) in [6, 6.07) is 3.99. The van der Waals surface area contributed by atoms with Gasteiger partial charge in [-0.3, -0.25) is 0 Å². The Hall–Kier alpha value is -1.23. The zero-order chi connectivity index (χ0) is 9.14. The van der Waals surface area contributed by atoms with E-state index in [9.17, 15) is 9.90 Å². The molecule has 12 heavy (non-hydrogen) atoms. The van der Waals surface area contributed by atoms with Gasteiger partial charge in [-0.25, -0.2) is 4.79 Å². The molecule has 0 heterocycles. The molecule has 64 valence electrons. The molecule has 0 unspecified atom stereocenters. The molecule has 0 aliphatic carbocycles. The molecule has 0 aromatic heterocycles. The van der Waals surface area contributed by atoms with Gasteiger partial charge in [-0.2, -0.15) is 0 Å². The second kappa shape index (κ2) is 3.44. The molecule has 0 saturated heterocycles. The van der Waals surface area contributed by atoms with Crippen molar-refractivity contribution in [2.24, 2.45) is 5.73 Å². The van der Waals surface area contributed by atoms with Crippen molar-refractivity contribution in [2.45, 2.75) is 0 Å². The van der Waals surface area contributed by atoms with E-state index in [2.05, 4.69) is 21.2 Å². The van der Waals surface area contributed by atoms with Crippen LogP contribution >= 0.6 is 15.9 Å². The van der Waals surface area contributed by atoms with Crippen LogP contribution in [0.2, 0.25) is 0 Å². The Morgan fingerprint density at radius 3 is 2.75 bits per heavy atom. The molecule has 0 fully saturated rings. The first-order chi connectivity index (χ1) is 5.59. The lowest BCUT2D eigenvalue weighted by Gasteiger charge is -2.03. The van der Waals surface area contributed by atoms with Crippen molar-refractivity contribution in [3.8, 4) is 5.75 Å². The monoisotopic (exact) mass is 230 g/mol. The minimum Gasteiger partial charge on any atom is -0.506 e. The second-order valence-corrected chi connectivity index (χ2v) is 3.07. The first kappa shape index (κ1) is 8.86. The summed E-state index contributed by atoms with van der Waals surface area (Å²) in [7, 11) is 0. The molecule has 0 bridgehead atoms. The molecule has 1 aromatic carbocycles. The van der Waals surface area contributed by atoms with E-state index in [1.165, 1.54) is 6.07 Å². The predicted octanol–water partition coefficient (Wildman–Crippen LogP) is 1.65. The zero-order valence-electron chi connectivity index (χ0n) is 6.04. The van der Waals surface area contributed by atoms with Crippen LogP contribution in [0, 0.1) is 0 Å². The standard InChI is InChI=1S/C7H7BrN2O2/c8-4-1-2-5(6(11)3-4)10-7(9)12/h1-3,11H,(H3,9,10,12). The smallest absolute Gasteiger partial charge is 0.316 e. The number of halogens is 1. The Bertz CT molecular complexity index is 314. The molecule has 0 aliphatic rings. The lowest BCUT2D eigenvalue weighted by atomic mass is 10.3. The third-order valence-corrected chi connectivity index (χ3v) is 1.71. The molecule has 4 nitrogen and oxygen atoms in total. The summed E-state index contributed by atoms with van der Waals surface area (Å²) in [4.78, 5) is 10.4. The molecular weight excluding hydrogens is 224 g/mol. The Kier molecular flexibility index (Phi) is 2.54. The third-order valence-electron chi connectivity index (χ3n) is 1.22. The SMILES string of the molecule is NC(=O)Nc1ccc(Br)cc1O. The first-order valence-electron chi connectivity index (χ1n) is 3.14. The van der Waals surface area contributed by atoms with E-state index in [0.29, 0.717) is 5.69 Å². The van der Waals surface area contributed by atoms with Gasteiger partial charge in [0.15, 0.2) is 0 Å². The molecule has 0 spiro atoms. The fourth-order valence-electron chi connectivity index (χ4n) is 0.743. The van der Waals surface area contributed by atoms with Crippen LogP contribution < -0.4 is 11.1 Å². The molecule has 0 aliphatic heterocycles. The number of phenols is 1. The summed E-state index contributed by atoms with van der Waals surface area (Å²) in [5.74, 6) is -0.0248. The lowest BCUT2D eigenvalue weighted by Crippen LogP contribution is -2.19. The fourth-order valence-corrected chi connectivity index (χ4v) is 1.09. The average Bonchev–Trinajstić information content (AvgIpc) is 1.94. The molecule has 0 saturated carbocycles. The van der Waals surface area contributed by atoms with Gasteiger partial charge in [0.2, 0.25) is 0 Å². The van der Waals surface area contributed by atoms with Crippen LogP contribution in [0.25, 0.3) is 0 Å². The number of anilines is 1. The average molecular weight is 231 g/mol. The highest BCUT2D eigenvalue weighted by Crippen LogP contribution is 2.26. The van der Waals surface area contributed by atoms with Crippen LogP contribution in [-0.2, 0) is 0 Å². The number of amides is 2. The van der Waals surface area contributed by atoms with E-state index >= 15 is 0 Å². The van der Waals surface area contributed by atoms with E-state index < -0.39 is 6.03 Å². The molecule has 1 aromatic rings. The first-order valence-corrected chi connectivity index (χ1v) is 3.94.